The first-order valence-electron chi connectivity index (χ1n) is 5.32. The van der Waals surface area contributed by atoms with Gasteiger partial charge in [0.25, 0.3) is 0 Å². The third-order valence-corrected chi connectivity index (χ3v) is 2.02. The van der Waals surface area contributed by atoms with Crippen molar-refractivity contribution in [1.29, 1.82) is 0 Å². The second kappa shape index (κ2) is 8.81. The number of amides is 2. The first kappa shape index (κ1) is 13.2. The number of nitrogens with one attached hydrogen (secondary N) is 1. The highest BCUT2D eigenvalue weighted by atomic mass is 16.2. The summed E-state index contributed by atoms with van der Waals surface area (Å²) in [5.41, 5.74) is 0. The first-order chi connectivity index (χ1) is 6.72. The van der Waals surface area contributed by atoms with Gasteiger partial charge in [-0.15, -0.1) is 0 Å². The van der Waals surface area contributed by atoms with E-state index in [0.29, 0.717) is 0 Å². The van der Waals surface area contributed by atoms with E-state index in [-0.39, 0.29) is 12.6 Å². The minimum atomic E-state index is -0.00384. The lowest BCUT2D eigenvalue weighted by Crippen LogP contribution is -2.38. The van der Waals surface area contributed by atoms with Gasteiger partial charge in [-0.2, -0.15) is 0 Å². The lowest BCUT2D eigenvalue weighted by Gasteiger charge is -2.17. The van der Waals surface area contributed by atoms with Crippen LogP contribution in [0.1, 0.15) is 32.6 Å². The first-order valence-corrected chi connectivity index (χ1v) is 5.32. The molecule has 2 N–H and O–H groups in total. The molecule has 0 bridgehead atoms. The summed E-state index contributed by atoms with van der Waals surface area (Å²) in [6.45, 7) is 3.77. The molecule has 4 nitrogen and oxygen atoms in total. The van der Waals surface area contributed by atoms with Gasteiger partial charge in [0.2, 0.25) is 0 Å². The molecule has 0 aromatic heterocycles. The minimum absolute atomic E-state index is 0.00384. The highest BCUT2D eigenvalue weighted by Crippen LogP contribution is 1.96. The Bertz CT molecular complexity index is 151. The quantitative estimate of drug-likeness (QED) is 0.609. The maximum Gasteiger partial charge on any atom is 0.317 e. The third-order valence-electron chi connectivity index (χ3n) is 2.02. The number of rotatable bonds is 7. The number of urea groups is 1. The van der Waals surface area contributed by atoms with Crippen molar-refractivity contribution >= 4 is 6.03 Å². The van der Waals surface area contributed by atoms with Crippen LogP contribution in [0.4, 0.5) is 4.79 Å². The lowest BCUT2D eigenvalue weighted by atomic mass is 10.2. The molecule has 0 aliphatic carbocycles. The fourth-order valence-corrected chi connectivity index (χ4v) is 1.11. The Morgan fingerprint density at radius 2 is 2.07 bits per heavy atom. The fourth-order valence-electron chi connectivity index (χ4n) is 1.11. The molecule has 0 aromatic carbocycles. The predicted molar refractivity (Wildman–Crippen MR) is 57.3 cm³/mol. The van der Waals surface area contributed by atoms with Gasteiger partial charge in [0, 0.05) is 26.7 Å². The highest BCUT2D eigenvalue weighted by molar-refractivity contribution is 5.73. The second-order valence-corrected chi connectivity index (χ2v) is 3.44. The van der Waals surface area contributed by atoms with Crippen LogP contribution < -0.4 is 5.32 Å². The van der Waals surface area contributed by atoms with Crippen LogP contribution in [0, 0.1) is 0 Å². The van der Waals surface area contributed by atoms with Crippen LogP contribution in [-0.4, -0.2) is 42.8 Å². The van der Waals surface area contributed by atoms with Crippen LogP contribution >= 0.6 is 0 Å². The summed E-state index contributed by atoms with van der Waals surface area (Å²) in [5.74, 6) is 0. The summed E-state index contributed by atoms with van der Waals surface area (Å²) < 4.78 is 0. The Morgan fingerprint density at radius 3 is 2.64 bits per heavy atom. The summed E-state index contributed by atoms with van der Waals surface area (Å²) in [6, 6.07) is -0.00384. The van der Waals surface area contributed by atoms with Crippen molar-refractivity contribution in [3.8, 4) is 0 Å². The van der Waals surface area contributed by atoms with E-state index in [1.54, 1.807) is 11.9 Å². The maximum atomic E-state index is 11.3. The number of hydrogen-bond donors (Lipinski definition) is 2. The number of unbranched alkanes of at least 4 members (excludes halogenated alkanes) is 2. The number of carbonyl (C=O) groups is 1. The van der Waals surface area contributed by atoms with E-state index in [1.807, 2.05) is 6.92 Å². The Balaban J connectivity index is 3.42. The zero-order valence-electron chi connectivity index (χ0n) is 9.25. The molecule has 84 valence electrons. The summed E-state index contributed by atoms with van der Waals surface area (Å²) in [4.78, 5) is 13.0. The van der Waals surface area contributed by atoms with Crippen LogP contribution in [0.25, 0.3) is 0 Å². The Kier molecular flexibility index (Phi) is 8.33. The molecule has 0 saturated heterocycles. The van der Waals surface area contributed by atoms with Gasteiger partial charge in [-0.05, 0) is 25.7 Å². The van der Waals surface area contributed by atoms with Crippen molar-refractivity contribution in [2.45, 2.75) is 32.6 Å². The standard InChI is InChI=1S/C10H22N2O2/c1-3-7-11-10(14)12(2)8-5-4-6-9-13/h13H,3-9H2,1-2H3,(H,11,14). The van der Waals surface area contributed by atoms with Crippen molar-refractivity contribution in [1.82, 2.24) is 10.2 Å². The SMILES string of the molecule is CCCNC(=O)N(C)CCCCCO. The molecule has 4 heteroatoms. The second-order valence-electron chi connectivity index (χ2n) is 3.44. The summed E-state index contributed by atoms with van der Waals surface area (Å²) >= 11 is 0. The van der Waals surface area contributed by atoms with E-state index >= 15 is 0 Å². The van der Waals surface area contributed by atoms with E-state index in [1.165, 1.54) is 0 Å². The molecular formula is C10H22N2O2. The van der Waals surface area contributed by atoms with Crippen molar-refractivity contribution in [3.63, 3.8) is 0 Å². The number of aliphatic hydroxyl groups is 1. The largest absolute Gasteiger partial charge is 0.396 e. The van der Waals surface area contributed by atoms with E-state index in [0.717, 1.165) is 38.8 Å². The number of aliphatic hydroxyl groups excluding tert-OH is 1. The molecule has 14 heavy (non-hydrogen) atoms. The van der Waals surface area contributed by atoms with Crippen molar-refractivity contribution in [2.24, 2.45) is 0 Å². The molecule has 0 aliphatic heterocycles. The van der Waals surface area contributed by atoms with E-state index < -0.39 is 0 Å². The van der Waals surface area contributed by atoms with Crippen LogP contribution in [0.3, 0.4) is 0 Å². The van der Waals surface area contributed by atoms with Crippen LogP contribution in [0.5, 0.6) is 0 Å². The van der Waals surface area contributed by atoms with Crippen LogP contribution in [-0.2, 0) is 0 Å². The topological polar surface area (TPSA) is 52.6 Å². The minimum Gasteiger partial charge on any atom is -0.396 e. The van der Waals surface area contributed by atoms with Gasteiger partial charge in [-0.25, -0.2) is 4.79 Å². The third kappa shape index (κ3) is 6.71. The van der Waals surface area contributed by atoms with Crippen molar-refractivity contribution in [3.05, 3.63) is 0 Å². The number of carbonyl (C=O) groups excluding carboxylic acids is 1. The van der Waals surface area contributed by atoms with Crippen LogP contribution in [0.15, 0.2) is 0 Å². The van der Waals surface area contributed by atoms with Gasteiger partial charge >= 0.3 is 6.03 Å². The smallest absolute Gasteiger partial charge is 0.317 e. The molecule has 0 rings (SSSR count). The predicted octanol–water partition coefficient (Wildman–Crippen LogP) is 1.20. The van der Waals surface area contributed by atoms with E-state index in [9.17, 15) is 4.79 Å². The lowest BCUT2D eigenvalue weighted by molar-refractivity contribution is 0.207. The van der Waals surface area contributed by atoms with Crippen molar-refractivity contribution in [2.75, 3.05) is 26.7 Å². The maximum absolute atomic E-state index is 11.3. The molecular weight excluding hydrogens is 180 g/mol. The zero-order chi connectivity index (χ0) is 10.8. The van der Waals surface area contributed by atoms with Crippen molar-refractivity contribution < 1.29 is 9.90 Å². The summed E-state index contributed by atoms with van der Waals surface area (Å²) in [6.07, 6.45) is 3.72. The molecule has 0 radical (unpaired) electrons. The average Bonchev–Trinajstić information content (AvgIpc) is 2.20. The molecule has 0 aromatic rings. The van der Waals surface area contributed by atoms with Gasteiger partial charge in [0.1, 0.15) is 0 Å². The zero-order valence-corrected chi connectivity index (χ0v) is 9.25. The molecule has 2 amide bonds. The summed E-state index contributed by atoms with van der Waals surface area (Å²) in [5, 5.41) is 11.4. The normalized spacial score (nSPS) is 9.93. The van der Waals surface area contributed by atoms with Gasteiger partial charge in [0.05, 0.1) is 0 Å². The molecule has 0 unspecified atom stereocenters. The van der Waals surface area contributed by atoms with Crippen LogP contribution in [0.2, 0.25) is 0 Å². The average molecular weight is 202 g/mol. The van der Waals surface area contributed by atoms with Gasteiger partial charge in [-0.1, -0.05) is 6.92 Å². The number of hydrogen-bond acceptors (Lipinski definition) is 2. The van der Waals surface area contributed by atoms with Gasteiger partial charge in [0.15, 0.2) is 0 Å². The van der Waals surface area contributed by atoms with Gasteiger partial charge in [-0.3, -0.25) is 0 Å². The Morgan fingerprint density at radius 1 is 1.36 bits per heavy atom. The van der Waals surface area contributed by atoms with E-state index in [2.05, 4.69) is 5.32 Å². The van der Waals surface area contributed by atoms with E-state index in [4.69, 9.17) is 5.11 Å². The molecule has 0 saturated carbocycles. The molecule has 0 atom stereocenters. The summed E-state index contributed by atoms with van der Waals surface area (Å²) in [7, 11) is 1.80. The monoisotopic (exact) mass is 202 g/mol. The molecule has 0 fully saturated rings. The molecule has 0 spiro atoms. The highest BCUT2D eigenvalue weighted by Gasteiger charge is 2.05. The molecule has 0 heterocycles. The molecule has 0 aliphatic rings. The Labute approximate surface area is 86.3 Å². The number of nitrogens with zero attached hydrogens (tertiary/aromatic N) is 1. The van der Waals surface area contributed by atoms with Gasteiger partial charge < -0.3 is 15.3 Å². The fraction of sp³-hybridized carbons (Fsp3) is 0.900. The Hall–Kier alpha value is -0.770.